The van der Waals surface area contributed by atoms with Crippen molar-refractivity contribution < 1.29 is 4.74 Å². The Hall–Kier alpha value is -1.18. The van der Waals surface area contributed by atoms with Gasteiger partial charge >= 0.3 is 0 Å². The van der Waals surface area contributed by atoms with E-state index in [1.807, 2.05) is 31.1 Å². The van der Waals surface area contributed by atoms with E-state index >= 15 is 0 Å². The molecule has 100 valence electrons. The minimum Gasteiger partial charge on any atom is -0.369 e. The maximum absolute atomic E-state index is 5.73. The molecule has 3 rings (SSSR count). The highest BCUT2D eigenvalue weighted by atomic mass is 32.2. The Morgan fingerprint density at radius 1 is 1.58 bits per heavy atom. The molecule has 0 saturated carbocycles. The van der Waals surface area contributed by atoms with Crippen LogP contribution in [-0.2, 0) is 11.8 Å². The Balaban J connectivity index is 1.98. The van der Waals surface area contributed by atoms with Crippen LogP contribution in [0.15, 0.2) is 18.5 Å². The molecule has 0 amide bonds. The lowest BCUT2D eigenvalue weighted by molar-refractivity contribution is 0.0694. The molecular weight excluding hydrogens is 280 g/mol. The molecule has 1 fully saturated rings. The largest absolute Gasteiger partial charge is 0.369 e. The van der Waals surface area contributed by atoms with Gasteiger partial charge in [-0.2, -0.15) is 16.9 Å². The zero-order valence-electron chi connectivity index (χ0n) is 10.5. The smallest absolute Gasteiger partial charge is 0.138 e. The van der Waals surface area contributed by atoms with E-state index < -0.39 is 0 Å². The van der Waals surface area contributed by atoms with Crippen LogP contribution in [-0.4, -0.2) is 37.9 Å². The van der Waals surface area contributed by atoms with Crippen LogP contribution >= 0.6 is 24.0 Å². The molecule has 3 heterocycles. The summed E-state index contributed by atoms with van der Waals surface area (Å²) in [6.45, 7) is 0.759. The number of aryl methyl sites for hydroxylation is 1. The van der Waals surface area contributed by atoms with Crippen molar-refractivity contribution in [3.05, 3.63) is 28.9 Å². The van der Waals surface area contributed by atoms with E-state index in [9.17, 15) is 0 Å². The first kappa shape index (κ1) is 12.8. The molecule has 0 aromatic carbocycles. The fourth-order valence-corrected chi connectivity index (χ4v) is 3.06. The highest BCUT2D eigenvalue weighted by molar-refractivity contribution is 7.99. The van der Waals surface area contributed by atoms with E-state index in [1.165, 1.54) is 0 Å². The standard InChI is InChI=1S/C12H14N4OS2/c1-16-6-8(5-13-16)9-4-11(18)15-12(14-9)10-7-19-3-2-17-10/h4-6,10H,2-3,7H2,1H3,(H,14,15,18). The zero-order chi connectivity index (χ0) is 13.2. The number of aromatic amines is 1. The average Bonchev–Trinajstić information content (AvgIpc) is 2.86. The van der Waals surface area contributed by atoms with Crippen molar-refractivity contribution in [2.75, 3.05) is 18.1 Å². The number of hydrogen-bond acceptors (Lipinski definition) is 5. The van der Waals surface area contributed by atoms with Gasteiger partial charge in [0.1, 0.15) is 16.6 Å². The van der Waals surface area contributed by atoms with Crippen molar-refractivity contribution >= 4 is 24.0 Å². The predicted molar refractivity (Wildman–Crippen MR) is 77.6 cm³/mol. The van der Waals surface area contributed by atoms with Gasteiger partial charge in [-0.05, 0) is 6.07 Å². The fourth-order valence-electron chi connectivity index (χ4n) is 1.99. The van der Waals surface area contributed by atoms with Crippen LogP contribution in [0.2, 0.25) is 0 Å². The van der Waals surface area contributed by atoms with Crippen LogP contribution < -0.4 is 0 Å². The van der Waals surface area contributed by atoms with Crippen molar-refractivity contribution in [1.82, 2.24) is 19.7 Å². The van der Waals surface area contributed by atoms with Gasteiger partial charge in [-0.1, -0.05) is 12.2 Å². The van der Waals surface area contributed by atoms with Gasteiger partial charge in [0.15, 0.2) is 0 Å². The molecule has 1 N–H and O–H groups in total. The van der Waals surface area contributed by atoms with E-state index in [2.05, 4.69) is 15.1 Å². The van der Waals surface area contributed by atoms with E-state index in [-0.39, 0.29) is 6.10 Å². The van der Waals surface area contributed by atoms with Crippen molar-refractivity contribution in [3.63, 3.8) is 0 Å². The van der Waals surface area contributed by atoms with Gasteiger partial charge in [-0.3, -0.25) is 4.68 Å². The SMILES string of the molecule is Cn1cc(-c2cc(=S)nc(C3CSCCO3)[nH]2)cn1. The summed E-state index contributed by atoms with van der Waals surface area (Å²) in [5, 5.41) is 4.17. The lowest BCUT2D eigenvalue weighted by Crippen LogP contribution is -2.18. The summed E-state index contributed by atoms with van der Waals surface area (Å²) in [4.78, 5) is 7.70. The molecule has 1 aliphatic heterocycles. The van der Waals surface area contributed by atoms with Gasteiger partial charge < -0.3 is 9.72 Å². The minimum atomic E-state index is -0.00271. The number of aromatic nitrogens is 4. The summed E-state index contributed by atoms with van der Waals surface area (Å²) in [6, 6.07) is 1.85. The molecule has 2 aromatic rings. The molecule has 2 aromatic heterocycles. The van der Waals surface area contributed by atoms with Gasteiger partial charge in [0.05, 0.1) is 18.5 Å². The Morgan fingerprint density at radius 3 is 3.16 bits per heavy atom. The number of thioether (sulfide) groups is 1. The second-order valence-corrected chi connectivity index (χ2v) is 5.92. The van der Waals surface area contributed by atoms with E-state index in [0.29, 0.717) is 4.64 Å². The van der Waals surface area contributed by atoms with Gasteiger partial charge in [0.2, 0.25) is 0 Å². The van der Waals surface area contributed by atoms with Gasteiger partial charge in [0.25, 0.3) is 0 Å². The molecule has 5 nitrogen and oxygen atoms in total. The van der Waals surface area contributed by atoms with Crippen molar-refractivity contribution in [1.29, 1.82) is 0 Å². The van der Waals surface area contributed by atoms with Crippen LogP contribution in [0.1, 0.15) is 11.9 Å². The highest BCUT2D eigenvalue weighted by Gasteiger charge is 2.19. The molecule has 1 saturated heterocycles. The predicted octanol–water partition coefficient (Wildman–Crippen LogP) is 2.34. The summed E-state index contributed by atoms with van der Waals surface area (Å²) in [5.41, 5.74) is 1.93. The summed E-state index contributed by atoms with van der Waals surface area (Å²) >= 11 is 7.12. The first-order chi connectivity index (χ1) is 9.22. The van der Waals surface area contributed by atoms with Crippen molar-refractivity contribution in [3.8, 4) is 11.3 Å². The van der Waals surface area contributed by atoms with Crippen LogP contribution in [0.4, 0.5) is 0 Å². The zero-order valence-corrected chi connectivity index (χ0v) is 12.1. The first-order valence-corrected chi connectivity index (χ1v) is 7.58. The molecule has 1 unspecified atom stereocenters. The summed E-state index contributed by atoms with van der Waals surface area (Å²) in [7, 11) is 1.89. The Bertz CT molecular complexity index is 631. The van der Waals surface area contributed by atoms with Crippen LogP contribution in [0.3, 0.4) is 0 Å². The molecule has 0 spiro atoms. The van der Waals surface area contributed by atoms with Gasteiger partial charge in [-0.15, -0.1) is 0 Å². The molecule has 7 heteroatoms. The number of H-pyrrole nitrogens is 1. The Labute approximate surface area is 120 Å². The quantitative estimate of drug-likeness (QED) is 0.862. The number of nitrogens with one attached hydrogen (secondary N) is 1. The molecule has 0 radical (unpaired) electrons. The topological polar surface area (TPSA) is 55.7 Å². The van der Waals surface area contributed by atoms with Crippen LogP contribution in [0.5, 0.6) is 0 Å². The monoisotopic (exact) mass is 294 g/mol. The first-order valence-electron chi connectivity index (χ1n) is 6.02. The fraction of sp³-hybridized carbons (Fsp3) is 0.417. The normalized spacial score (nSPS) is 19.5. The van der Waals surface area contributed by atoms with Crippen molar-refractivity contribution in [2.45, 2.75) is 6.10 Å². The van der Waals surface area contributed by atoms with Crippen LogP contribution in [0.25, 0.3) is 11.3 Å². The second-order valence-electron chi connectivity index (χ2n) is 4.36. The lowest BCUT2D eigenvalue weighted by atomic mass is 10.2. The molecule has 1 atom stereocenters. The number of hydrogen-bond donors (Lipinski definition) is 1. The summed E-state index contributed by atoms with van der Waals surface area (Å²) in [5.74, 6) is 2.76. The molecule has 19 heavy (non-hydrogen) atoms. The number of ether oxygens (including phenoxy) is 1. The molecule has 0 aliphatic carbocycles. The highest BCUT2D eigenvalue weighted by Crippen LogP contribution is 2.25. The Morgan fingerprint density at radius 2 is 2.47 bits per heavy atom. The molecule has 1 aliphatic rings. The lowest BCUT2D eigenvalue weighted by Gasteiger charge is -2.21. The number of nitrogens with zero attached hydrogens (tertiary/aromatic N) is 3. The number of rotatable bonds is 2. The Kier molecular flexibility index (Phi) is 3.67. The van der Waals surface area contributed by atoms with Gasteiger partial charge in [-0.25, -0.2) is 4.98 Å². The molecule has 0 bridgehead atoms. The van der Waals surface area contributed by atoms with Crippen LogP contribution in [0, 0.1) is 4.64 Å². The molecular formula is C12H14N4OS2. The third kappa shape index (κ3) is 2.88. The van der Waals surface area contributed by atoms with Crippen molar-refractivity contribution in [2.24, 2.45) is 7.05 Å². The van der Waals surface area contributed by atoms with E-state index in [1.54, 1.807) is 10.9 Å². The van der Waals surface area contributed by atoms with Gasteiger partial charge in [0, 0.05) is 30.3 Å². The van der Waals surface area contributed by atoms with E-state index in [0.717, 1.165) is 35.2 Å². The minimum absolute atomic E-state index is 0.00271. The summed E-state index contributed by atoms with van der Waals surface area (Å²) in [6.07, 6.45) is 3.75. The second kappa shape index (κ2) is 5.44. The third-order valence-electron chi connectivity index (χ3n) is 2.90. The maximum atomic E-state index is 5.73. The summed E-state index contributed by atoms with van der Waals surface area (Å²) < 4.78 is 8.07. The maximum Gasteiger partial charge on any atom is 0.138 e. The van der Waals surface area contributed by atoms with E-state index in [4.69, 9.17) is 17.0 Å². The average molecular weight is 294 g/mol. The third-order valence-corrected chi connectivity index (χ3v) is 4.10.